The Labute approximate surface area is 109 Å². The molecule has 96 valence electrons. The lowest BCUT2D eigenvalue weighted by atomic mass is 10.0. The van der Waals surface area contributed by atoms with Crippen molar-refractivity contribution in [2.45, 2.75) is 50.6 Å². The summed E-state index contributed by atoms with van der Waals surface area (Å²) in [4.78, 5) is 0. The monoisotopic (exact) mass is 242 g/mol. The van der Waals surface area contributed by atoms with E-state index >= 15 is 0 Å². The molecule has 2 N–H and O–H groups in total. The second-order valence-corrected chi connectivity index (χ2v) is 6.30. The third-order valence-corrected chi connectivity index (χ3v) is 4.60. The summed E-state index contributed by atoms with van der Waals surface area (Å²) in [5.41, 5.74) is 4.54. The van der Waals surface area contributed by atoms with Crippen molar-refractivity contribution in [3.8, 4) is 0 Å². The molecule has 2 heteroatoms. The summed E-state index contributed by atoms with van der Waals surface area (Å²) < 4.78 is 0. The Bertz CT molecular complexity index is 446. The minimum Gasteiger partial charge on any atom is -0.381 e. The summed E-state index contributed by atoms with van der Waals surface area (Å²) in [5, 5.41) is 7.44. The summed E-state index contributed by atoms with van der Waals surface area (Å²) in [6.45, 7) is 2.17. The van der Waals surface area contributed by atoms with E-state index in [1.165, 1.54) is 37.8 Å². The molecule has 0 spiro atoms. The largest absolute Gasteiger partial charge is 0.381 e. The van der Waals surface area contributed by atoms with Gasteiger partial charge in [-0.1, -0.05) is 25.0 Å². The van der Waals surface area contributed by atoms with Crippen molar-refractivity contribution >= 4 is 5.69 Å². The Morgan fingerprint density at radius 1 is 1.11 bits per heavy atom. The molecule has 2 saturated carbocycles. The maximum Gasteiger partial charge on any atom is 0.0391 e. The van der Waals surface area contributed by atoms with Crippen LogP contribution < -0.4 is 10.6 Å². The molecular formula is C16H22N2. The van der Waals surface area contributed by atoms with Crippen molar-refractivity contribution in [2.75, 3.05) is 11.9 Å². The lowest BCUT2D eigenvalue weighted by Crippen LogP contribution is -2.30. The Morgan fingerprint density at radius 2 is 2.00 bits per heavy atom. The number of anilines is 1. The molecule has 1 aliphatic heterocycles. The van der Waals surface area contributed by atoms with E-state index < -0.39 is 0 Å². The van der Waals surface area contributed by atoms with E-state index in [-0.39, 0.29) is 0 Å². The Kier molecular flexibility index (Phi) is 2.58. The molecule has 1 unspecified atom stereocenters. The van der Waals surface area contributed by atoms with Gasteiger partial charge in [0.05, 0.1) is 0 Å². The predicted molar refractivity (Wildman–Crippen MR) is 74.9 cm³/mol. The van der Waals surface area contributed by atoms with Crippen LogP contribution in [0.15, 0.2) is 18.2 Å². The summed E-state index contributed by atoms with van der Waals surface area (Å²) in [5.74, 6) is 1.85. The van der Waals surface area contributed by atoms with Gasteiger partial charge in [-0.3, -0.25) is 0 Å². The molecule has 2 nitrogen and oxygen atoms in total. The van der Waals surface area contributed by atoms with Gasteiger partial charge in [0, 0.05) is 24.8 Å². The first-order valence-electron chi connectivity index (χ1n) is 7.49. The highest BCUT2D eigenvalue weighted by Crippen LogP contribution is 2.43. The molecule has 3 aliphatic rings. The van der Waals surface area contributed by atoms with Gasteiger partial charge in [-0.2, -0.15) is 0 Å². The van der Waals surface area contributed by atoms with Crippen LogP contribution in [0.5, 0.6) is 0 Å². The maximum atomic E-state index is 3.79. The van der Waals surface area contributed by atoms with Gasteiger partial charge in [-0.15, -0.1) is 0 Å². The van der Waals surface area contributed by atoms with Crippen molar-refractivity contribution in [2.24, 2.45) is 5.92 Å². The molecule has 0 saturated heterocycles. The van der Waals surface area contributed by atoms with Crippen molar-refractivity contribution < 1.29 is 0 Å². The lowest BCUT2D eigenvalue weighted by Gasteiger charge is -2.18. The maximum absolute atomic E-state index is 3.79. The smallest absolute Gasteiger partial charge is 0.0391 e. The van der Waals surface area contributed by atoms with Gasteiger partial charge in [0.1, 0.15) is 0 Å². The molecule has 18 heavy (non-hydrogen) atoms. The number of rotatable bonds is 3. The molecule has 1 atom stereocenters. The van der Waals surface area contributed by atoms with E-state index in [2.05, 4.69) is 28.8 Å². The second-order valence-electron chi connectivity index (χ2n) is 6.30. The van der Waals surface area contributed by atoms with Gasteiger partial charge in [0.25, 0.3) is 0 Å². The molecule has 2 fully saturated rings. The highest BCUT2D eigenvalue weighted by atomic mass is 15.0. The fourth-order valence-corrected chi connectivity index (χ4v) is 3.25. The molecule has 4 rings (SSSR count). The Morgan fingerprint density at radius 3 is 2.78 bits per heavy atom. The van der Waals surface area contributed by atoms with Crippen LogP contribution in [0.4, 0.5) is 5.69 Å². The molecule has 1 heterocycles. The highest BCUT2D eigenvalue weighted by Gasteiger charge is 2.30. The molecule has 0 amide bonds. The first-order valence-corrected chi connectivity index (χ1v) is 7.49. The minimum absolute atomic E-state index is 0.633. The molecule has 0 aromatic heterocycles. The van der Waals surface area contributed by atoms with Crippen LogP contribution in [0.25, 0.3) is 0 Å². The van der Waals surface area contributed by atoms with Crippen LogP contribution in [0.1, 0.15) is 49.1 Å². The zero-order valence-electron chi connectivity index (χ0n) is 10.9. The third kappa shape index (κ3) is 2.14. The van der Waals surface area contributed by atoms with Crippen molar-refractivity contribution in [3.63, 3.8) is 0 Å². The van der Waals surface area contributed by atoms with Gasteiger partial charge in [-0.05, 0) is 48.3 Å². The first kappa shape index (κ1) is 10.9. The Balaban J connectivity index is 1.59. The fraction of sp³-hybridized carbons (Fsp3) is 0.625. The molecule has 1 aromatic carbocycles. The van der Waals surface area contributed by atoms with Gasteiger partial charge >= 0.3 is 0 Å². The van der Waals surface area contributed by atoms with E-state index in [1.807, 2.05) is 0 Å². The molecule has 1 aromatic rings. The average Bonchev–Trinajstić information content (AvgIpc) is 3.24. The lowest BCUT2D eigenvalue weighted by molar-refractivity contribution is 0.555. The van der Waals surface area contributed by atoms with E-state index in [0.29, 0.717) is 6.04 Å². The minimum atomic E-state index is 0.633. The molecule has 0 radical (unpaired) electrons. The summed E-state index contributed by atoms with van der Waals surface area (Å²) in [6, 6.07) is 7.47. The van der Waals surface area contributed by atoms with Gasteiger partial charge in [-0.25, -0.2) is 0 Å². The molecular weight excluding hydrogens is 220 g/mol. The predicted octanol–water partition coefficient (Wildman–Crippen LogP) is 3.25. The molecule has 0 bridgehead atoms. The number of hydrogen-bond donors (Lipinski definition) is 2. The van der Waals surface area contributed by atoms with Crippen molar-refractivity contribution in [1.82, 2.24) is 5.32 Å². The van der Waals surface area contributed by atoms with Gasteiger partial charge < -0.3 is 10.6 Å². The highest BCUT2D eigenvalue weighted by molar-refractivity contribution is 5.57. The zero-order chi connectivity index (χ0) is 11.9. The number of fused-ring (bicyclic) bond motifs is 1. The molecule has 2 aliphatic carbocycles. The first-order chi connectivity index (χ1) is 8.90. The van der Waals surface area contributed by atoms with E-state index in [0.717, 1.165) is 24.9 Å². The van der Waals surface area contributed by atoms with Crippen molar-refractivity contribution in [1.29, 1.82) is 0 Å². The van der Waals surface area contributed by atoms with Crippen LogP contribution in [0.3, 0.4) is 0 Å². The second kappa shape index (κ2) is 4.27. The summed E-state index contributed by atoms with van der Waals surface area (Å²) in [7, 11) is 0. The number of hydrogen-bond acceptors (Lipinski definition) is 2. The fourth-order valence-electron chi connectivity index (χ4n) is 3.25. The van der Waals surface area contributed by atoms with Gasteiger partial charge in [0.2, 0.25) is 0 Å². The van der Waals surface area contributed by atoms with Crippen LogP contribution in [-0.2, 0) is 6.54 Å². The normalized spacial score (nSPS) is 27.2. The van der Waals surface area contributed by atoms with Crippen molar-refractivity contribution in [3.05, 3.63) is 29.3 Å². The van der Waals surface area contributed by atoms with E-state index in [1.54, 1.807) is 11.1 Å². The Hall–Kier alpha value is -1.02. The standard InChI is InChI=1S/C16H22N2/c1-2-14(12-6-7-12)15-10-17-9-13(8-11-4-5-11)18-16(15)3-1/h1-3,11-13,17-18H,4-10H2. The van der Waals surface area contributed by atoms with Crippen LogP contribution in [-0.4, -0.2) is 12.6 Å². The van der Waals surface area contributed by atoms with Crippen LogP contribution in [0.2, 0.25) is 0 Å². The number of benzene rings is 1. The third-order valence-electron chi connectivity index (χ3n) is 4.60. The van der Waals surface area contributed by atoms with Crippen LogP contribution >= 0.6 is 0 Å². The average molecular weight is 242 g/mol. The van der Waals surface area contributed by atoms with Crippen LogP contribution in [0, 0.1) is 5.92 Å². The SMILES string of the molecule is c1cc2c(c(C3CC3)c1)CNCC(CC1CC1)N2. The zero-order valence-corrected chi connectivity index (χ0v) is 10.9. The summed E-state index contributed by atoms with van der Waals surface area (Å²) >= 11 is 0. The topological polar surface area (TPSA) is 24.1 Å². The number of nitrogens with one attached hydrogen (secondary N) is 2. The van der Waals surface area contributed by atoms with E-state index in [4.69, 9.17) is 0 Å². The van der Waals surface area contributed by atoms with E-state index in [9.17, 15) is 0 Å². The summed E-state index contributed by atoms with van der Waals surface area (Å²) in [6.07, 6.45) is 7.03. The van der Waals surface area contributed by atoms with Gasteiger partial charge in [0.15, 0.2) is 0 Å². The quantitative estimate of drug-likeness (QED) is 0.850.